The van der Waals surface area contributed by atoms with Gasteiger partial charge in [0.2, 0.25) is 0 Å². The molecule has 0 saturated carbocycles. The van der Waals surface area contributed by atoms with Gasteiger partial charge in [-0.1, -0.05) is 6.07 Å². The number of hydrogen-bond acceptors (Lipinski definition) is 5. The van der Waals surface area contributed by atoms with Crippen molar-refractivity contribution in [2.24, 2.45) is 0 Å². The van der Waals surface area contributed by atoms with Crippen LogP contribution < -0.4 is 10.6 Å². The highest BCUT2D eigenvalue weighted by Crippen LogP contribution is 2.24. The van der Waals surface area contributed by atoms with Crippen molar-refractivity contribution >= 4 is 39.5 Å². The molecule has 0 fully saturated rings. The molecule has 2 N–H and O–H groups in total. The van der Waals surface area contributed by atoms with Crippen molar-refractivity contribution in [1.29, 1.82) is 0 Å². The van der Waals surface area contributed by atoms with Gasteiger partial charge in [-0.2, -0.15) is 0 Å². The largest absolute Gasteiger partial charge is 0.380 e. The first-order valence-corrected chi connectivity index (χ1v) is 8.26. The van der Waals surface area contributed by atoms with Crippen LogP contribution in [-0.4, -0.2) is 31.6 Å². The summed E-state index contributed by atoms with van der Waals surface area (Å²) in [5.74, 6) is -0.409. The second-order valence-electron chi connectivity index (χ2n) is 4.05. The molecule has 0 saturated heterocycles. The Bertz CT molecular complexity index is 593. The number of thiophene rings is 2. The van der Waals surface area contributed by atoms with Gasteiger partial charge in [0.25, 0.3) is 11.8 Å². The van der Waals surface area contributed by atoms with Gasteiger partial charge < -0.3 is 15.4 Å². The lowest BCUT2D eigenvalue weighted by molar-refractivity contribution is 0.0924. The number of carbonyl (C=O) groups excluding carboxylic acids is 2. The summed E-state index contributed by atoms with van der Waals surface area (Å²) < 4.78 is 5.16. The fourth-order valence-electron chi connectivity index (χ4n) is 1.63. The van der Waals surface area contributed by atoms with E-state index < -0.39 is 0 Å². The first kappa shape index (κ1) is 15.7. The molecular formula is C14H16N2O3S2. The van der Waals surface area contributed by atoms with Gasteiger partial charge in [0.15, 0.2) is 0 Å². The van der Waals surface area contributed by atoms with Crippen molar-refractivity contribution < 1.29 is 14.3 Å². The number of anilines is 1. The van der Waals surface area contributed by atoms with E-state index in [1.807, 2.05) is 18.4 Å². The smallest absolute Gasteiger partial charge is 0.266 e. The first-order valence-electron chi connectivity index (χ1n) is 6.50. The molecule has 7 heteroatoms. The lowest BCUT2D eigenvalue weighted by Gasteiger charge is -2.07. The maximum absolute atomic E-state index is 12.0. The lowest BCUT2D eigenvalue weighted by atomic mass is 10.3. The molecule has 2 aromatic rings. The molecule has 2 rings (SSSR count). The number of ether oxygens (including phenoxy) is 1. The molecule has 0 radical (unpaired) electrons. The van der Waals surface area contributed by atoms with E-state index in [1.54, 1.807) is 17.5 Å². The summed E-state index contributed by atoms with van der Waals surface area (Å²) >= 11 is 2.69. The number of rotatable bonds is 7. The van der Waals surface area contributed by atoms with Crippen LogP contribution in [0.3, 0.4) is 0 Å². The third-order valence-corrected chi connectivity index (χ3v) is 4.32. The molecule has 0 spiro atoms. The highest BCUT2D eigenvalue weighted by molar-refractivity contribution is 7.15. The van der Waals surface area contributed by atoms with E-state index in [2.05, 4.69) is 10.6 Å². The number of nitrogens with one attached hydrogen (secondary N) is 2. The van der Waals surface area contributed by atoms with Crippen molar-refractivity contribution in [1.82, 2.24) is 5.32 Å². The van der Waals surface area contributed by atoms with Crippen LogP contribution in [0.15, 0.2) is 29.0 Å². The molecular weight excluding hydrogens is 308 g/mol. The molecule has 0 unspecified atom stereocenters. The average Bonchev–Trinajstić information content (AvgIpc) is 3.14. The number of carbonyl (C=O) groups is 2. The molecule has 0 aromatic carbocycles. The summed E-state index contributed by atoms with van der Waals surface area (Å²) in [4.78, 5) is 24.7. The minimum absolute atomic E-state index is 0.198. The molecule has 2 aromatic heterocycles. The van der Waals surface area contributed by atoms with Crippen molar-refractivity contribution in [3.63, 3.8) is 0 Å². The Kier molecular flexibility index (Phi) is 5.91. The SMILES string of the molecule is CCOCCNC(=O)c1ccsc1NC(=O)c1cccs1. The van der Waals surface area contributed by atoms with Crippen molar-refractivity contribution in [2.45, 2.75) is 6.92 Å². The molecule has 0 aliphatic rings. The lowest BCUT2D eigenvalue weighted by Crippen LogP contribution is -2.27. The minimum atomic E-state index is -0.211. The maximum atomic E-state index is 12.0. The second kappa shape index (κ2) is 7.92. The van der Waals surface area contributed by atoms with Gasteiger partial charge in [-0.25, -0.2) is 0 Å². The van der Waals surface area contributed by atoms with Gasteiger partial charge in [-0.15, -0.1) is 22.7 Å². The summed E-state index contributed by atoms with van der Waals surface area (Å²) in [6.45, 7) is 3.44. The van der Waals surface area contributed by atoms with Crippen LogP contribution in [0.1, 0.15) is 27.0 Å². The normalized spacial score (nSPS) is 10.3. The molecule has 0 aliphatic carbocycles. The second-order valence-corrected chi connectivity index (χ2v) is 5.91. The van der Waals surface area contributed by atoms with Crippen LogP contribution in [0.4, 0.5) is 5.00 Å². The zero-order valence-electron chi connectivity index (χ0n) is 11.5. The average molecular weight is 324 g/mol. The predicted molar refractivity (Wildman–Crippen MR) is 85.4 cm³/mol. The van der Waals surface area contributed by atoms with E-state index in [0.717, 1.165) is 0 Å². The molecule has 0 aliphatic heterocycles. The zero-order valence-corrected chi connectivity index (χ0v) is 13.2. The Morgan fingerprint density at radius 1 is 1.19 bits per heavy atom. The summed E-state index contributed by atoms with van der Waals surface area (Å²) in [7, 11) is 0. The molecule has 0 atom stereocenters. The molecule has 112 valence electrons. The van der Waals surface area contributed by atoms with Crippen molar-refractivity contribution in [2.75, 3.05) is 25.1 Å². The van der Waals surface area contributed by atoms with Crippen LogP contribution in [0.5, 0.6) is 0 Å². The van der Waals surface area contributed by atoms with Crippen LogP contribution >= 0.6 is 22.7 Å². The van der Waals surface area contributed by atoms with Gasteiger partial charge in [0.1, 0.15) is 5.00 Å². The highest BCUT2D eigenvalue weighted by atomic mass is 32.1. The maximum Gasteiger partial charge on any atom is 0.266 e. The zero-order chi connectivity index (χ0) is 15.1. The van der Waals surface area contributed by atoms with Crippen LogP contribution in [-0.2, 0) is 4.74 Å². The Labute approximate surface area is 130 Å². The quantitative estimate of drug-likeness (QED) is 0.770. The van der Waals surface area contributed by atoms with E-state index in [1.165, 1.54) is 22.7 Å². The Balaban J connectivity index is 1.95. The van der Waals surface area contributed by atoms with Gasteiger partial charge in [0, 0.05) is 13.2 Å². The topological polar surface area (TPSA) is 67.4 Å². The molecule has 5 nitrogen and oxygen atoms in total. The van der Waals surface area contributed by atoms with Gasteiger partial charge >= 0.3 is 0 Å². The third-order valence-electron chi connectivity index (χ3n) is 2.62. The Morgan fingerprint density at radius 3 is 2.76 bits per heavy atom. The summed E-state index contributed by atoms with van der Waals surface area (Å²) in [6, 6.07) is 5.26. The summed E-state index contributed by atoms with van der Waals surface area (Å²) in [6.07, 6.45) is 0. The minimum Gasteiger partial charge on any atom is -0.380 e. The summed E-state index contributed by atoms with van der Waals surface area (Å²) in [5.41, 5.74) is 0.474. The fourth-order valence-corrected chi connectivity index (χ4v) is 3.03. The molecule has 2 amide bonds. The highest BCUT2D eigenvalue weighted by Gasteiger charge is 2.15. The number of amides is 2. The van der Waals surface area contributed by atoms with E-state index in [0.29, 0.717) is 35.2 Å². The predicted octanol–water partition coefficient (Wildman–Crippen LogP) is 2.83. The van der Waals surface area contributed by atoms with Gasteiger partial charge in [0.05, 0.1) is 17.0 Å². The van der Waals surface area contributed by atoms with E-state index in [9.17, 15) is 9.59 Å². The van der Waals surface area contributed by atoms with Crippen molar-refractivity contribution in [3.05, 3.63) is 39.4 Å². The Morgan fingerprint density at radius 2 is 2.05 bits per heavy atom. The monoisotopic (exact) mass is 324 g/mol. The first-order chi connectivity index (χ1) is 10.2. The van der Waals surface area contributed by atoms with Crippen LogP contribution in [0.25, 0.3) is 0 Å². The Hall–Kier alpha value is -1.70. The van der Waals surface area contributed by atoms with Gasteiger partial charge in [-0.05, 0) is 29.8 Å². The number of hydrogen-bond donors (Lipinski definition) is 2. The van der Waals surface area contributed by atoms with E-state index in [-0.39, 0.29) is 11.8 Å². The van der Waals surface area contributed by atoms with E-state index >= 15 is 0 Å². The van der Waals surface area contributed by atoms with Gasteiger partial charge in [-0.3, -0.25) is 9.59 Å². The van der Waals surface area contributed by atoms with Crippen LogP contribution in [0, 0.1) is 0 Å². The molecule has 2 heterocycles. The standard InChI is InChI=1S/C14H16N2O3S2/c1-2-19-7-6-15-12(17)10-5-9-21-14(10)16-13(18)11-4-3-8-20-11/h3-5,8-9H,2,6-7H2,1H3,(H,15,17)(H,16,18). The van der Waals surface area contributed by atoms with Crippen LogP contribution in [0.2, 0.25) is 0 Å². The van der Waals surface area contributed by atoms with Crippen molar-refractivity contribution in [3.8, 4) is 0 Å². The summed E-state index contributed by atoms with van der Waals surface area (Å²) in [5, 5.41) is 9.71. The fraction of sp³-hybridized carbons (Fsp3) is 0.286. The van der Waals surface area contributed by atoms with E-state index in [4.69, 9.17) is 4.74 Å². The molecule has 0 bridgehead atoms. The third kappa shape index (κ3) is 4.38. The molecule has 21 heavy (non-hydrogen) atoms.